The fourth-order valence-electron chi connectivity index (χ4n) is 2.48. The van der Waals surface area contributed by atoms with Gasteiger partial charge in [-0.15, -0.1) is 11.3 Å². The van der Waals surface area contributed by atoms with Gasteiger partial charge in [0.15, 0.2) is 0 Å². The summed E-state index contributed by atoms with van der Waals surface area (Å²) in [6, 6.07) is 4.24. The molecule has 0 unspecified atom stereocenters. The van der Waals surface area contributed by atoms with E-state index in [1.807, 2.05) is 0 Å². The predicted molar refractivity (Wildman–Crippen MR) is 68.7 cm³/mol. The Morgan fingerprint density at radius 1 is 1.25 bits per heavy atom. The molecule has 2 N–H and O–H groups in total. The van der Waals surface area contributed by atoms with E-state index in [1.54, 1.807) is 11.3 Å². The molecular weight excluding hydrogens is 218 g/mol. The monoisotopic (exact) mass is 239 g/mol. The van der Waals surface area contributed by atoms with Gasteiger partial charge in [0.2, 0.25) is 0 Å². The molecule has 0 atom stereocenters. The van der Waals surface area contributed by atoms with Gasteiger partial charge in [0.1, 0.15) is 0 Å². The van der Waals surface area contributed by atoms with Gasteiger partial charge in [-0.1, -0.05) is 31.7 Å². The molecule has 2 rings (SSSR count). The summed E-state index contributed by atoms with van der Waals surface area (Å²) < 4.78 is 0. The molecule has 3 heteroatoms. The molecule has 1 fully saturated rings. The van der Waals surface area contributed by atoms with Crippen molar-refractivity contribution < 1.29 is 5.11 Å². The predicted octanol–water partition coefficient (Wildman–Crippen LogP) is 2.92. The molecule has 1 aromatic rings. The minimum Gasteiger partial charge on any atom is -0.394 e. The van der Waals surface area contributed by atoms with E-state index >= 15 is 0 Å². The Morgan fingerprint density at radius 2 is 2.00 bits per heavy atom. The molecule has 0 aromatic carbocycles. The van der Waals surface area contributed by atoms with Gasteiger partial charge in [-0.2, -0.15) is 0 Å². The number of rotatable bonds is 4. The maximum atomic E-state index is 9.64. The van der Waals surface area contributed by atoms with Crippen LogP contribution in [0.15, 0.2) is 17.5 Å². The van der Waals surface area contributed by atoms with Crippen LogP contribution in [0.3, 0.4) is 0 Å². The van der Waals surface area contributed by atoms with E-state index in [0.29, 0.717) is 0 Å². The topological polar surface area (TPSA) is 32.3 Å². The Morgan fingerprint density at radius 3 is 2.56 bits per heavy atom. The Labute approximate surface area is 102 Å². The zero-order valence-corrected chi connectivity index (χ0v) is 10.6. The second kappa shape index (κ2) is 5.80. The number of aliphatic hydroxyl groups excluding tert-OH is 1. The van der Waals surface area contributed by atoms with E-state index < -0.39 is 0 Å². The summed E-state index contributed by atoms with van der Waals surface area (Å²) in [5, 5.41) is 15.3. The molecule has 0 radical (unpaired) electrons. The molecule has 16 heavy (non-hydrogen) atoms. The molecule has 0 saturated heterocycles. The maximum Gasteiger partial charge on any atom is 0.0613 e. The summed E-state index contributed by atoms with van der Waals surface area (Å²) in [5.41, 5.74) is -0.0134. The lowest BCUT2D eigenvalue weighted by atomic mass is 9.91. The highest BCUT2D eigenvalue weighted by Crippen LogP contribution is 2.27. The number of hydrogen-bond donors (Lipinski definition) is 2. The fraction of sp³-hybridized carbons (Fsp3) is 0.692. The Bertz CT molecular complexity index is 289. The molecule has 0 bridgehead atoms. The molecule has 0 amide bonds. The van der Waals surface area contributed by atoms with Crippen LogP contribution < -0.4 is 5.32 Å². The van der Waals surface area contributed by atoms with Gasteiger partial charge in [0.25, 0.3) is 0 Å². The minimum absolute atomic E-state index is 0.0134. The highest BCUT2D eigenvalue weighted by Gasteiger charge is 2.29. The van der Waals surface area contributed by atoms with E-state index in [-0.39, 0.29) is 12.1 Å². The molecule has 90 valence electrons. The van der Waals surface area contributed by atoms with Crippen LogP contribution >= 0.6 is 11.3 Å². The largest absolute Gasteiger partial charge is 0.394 e. The van der Waals surface area contributed by atoms with Gasteiger partial charge in [-0.25, -0.2) is 0 Å². The smallest absolute Gasteiger partial charge is 0.0613 e. The minimum atomic E-state index is -0.0134. The average molecular weight is 239 g/mol. The van der Waals surface area contributed by atoms with Crippen LogP contribution in [0.1, 0.15) is 43.4 Å². The molecule has 0 spiro atoms. The molecular formula is C13H21NOS. The number of nitrogens with one attached hydrogen (secondary N) is 1. The van der Waals surface area contributed by atoms with E-state index in [4.69, 9.17) is 0 Å². The average Bonchev–Trinajstić information content (AvgIpc) is 2.72. The molecule has 1 aromatic heterocycles. The van der Waals surface area contributed by atoms with Crippen molar-refractivity contribution in [3.05, 3.63) is 22.4 Å². The number of aliphatic hydroxyl groups is 1. The third kappa shape index (κ3) is 3.06. The lowest BCUT2D eigenvalue weighted by Gasteiger charge is -2.32. The summed E-state index contributed by atoms with van der Waals surface area (Å²) in [6.45, 7) is 1.18. The summed E-state index contributed by atoms with van der Waals surface area (Å²) in [7, 11) is 0. The Kier molecular flexibility index (Phi) is 4.38. The van der Waals surface area contributed by atoms with E-state index in [0.717, 1.165) is 19.4 Å². The van der Waals surface area contributed by atoms with Crippen molar-refractivity contribution >= 4 is 11.3 Å². The SMILES string of the molecule is OCC1(NCc2cccs2)CCCCCC1. The van der Waals surface area contributed by atoms with Crippen molar-refractivity contribution in [3.63, 3.8) is 0 Å². The van der Waals surface area contributed by atoms with Crippen molar-refractivity contribution in [1.29, 1.82) is 0 Å². The number of thiophene rings is 1. The van der Waals surface area contributed by atoms with Crippen LogP contribution in [-0.2, 0) is 6.54 Å². The van der Waals surface area contributed by atoms with Gasteiger partial charge in [-0.3, -0.25) is 0 Å². The van der Waals surface area contributed by atoms with Crippen molar-refractivity contribution in [1.82, 2.24) is 5.32 Å². The van der Waals surface area contributed by atoms with E-state index in [2.05, 4.69) is 22.8 Å². The Balaban J connectivity index is 1.92. The first-order valence-corrected chi connectivity index (χ1v) is 7.11. The maximum absolute atomic E-state index is 9.64. The first-order chi connectivity index (χ1) is 7.85. The lowest BCUT2D eigenvalue weighted by molar-refractivity contribution is 0.142. The van der Waals surface area contributed by atoms with Crippen molar-refractivity contribution in [2.45, 2.75) is 50.6 Å². The molecule has 0 aliphatic heterocycles. The van der Waals surface area contributed by atoms with E-state index in [9.17, 15) is 5.11 Å². The van der Waals surface area contributed by atoms with Crippen LogP contribution in [0.25, 0.3) is 0 Å². The van der Waals surface area contributed by atoms with Crippen LogP contribution in [0.2, 0.25) is 0 Å². The van der Waals surface area contributed by atoms with Gasteiger partial charge >= 0.3 is 0 Å². The first kappa shape index (κ1) is 12.1. The second-order valence-corrected chi connectivity index (χ2v) is 5.82. The van der Waals surface area contributed by atoms with Crippen molar-refractivity contribution in [3.8, 4) is 0 Å². The lowest BCUT2D eigenvalue weighted by Crippen LogP contribution is -2.47. The van der Waals surface area contributed by atoms with Gasteiger partial charge in [0, 0.05) is 17.0 Å². The summed E-state index contributed by atoms with van der Waals surface area (Å²) in [4.78, 5) is 1.36. The quantitative estimate of drug-likeness (QED) is 0.792. The molecule has 1 aliphatic carbocycles. The van der Waals surface area contributed by atoms with Gasteiger partial charge < -0.3 is 10.4 Å². The van der Waals surface area contributed by atoms with Crippen LogP contribution in [0.5, 0.6) is 0 Å². The first-order valence-electron chi connectivity index (χ1n) is 6.23. The van der Waals surface area contributed by atoms with Crippen LogP contribution in [0.4, 0.5) is 0 Å². The summed E-state index contributed by atoms with van der Waals surface area (Å²) >= 11 is 1.78. The summed E-state index contributed by atoms with van der Waals surface area (Å²) in [6.07, 6.45) is 7.38. The second-order valence-electron chi connectivity index (χ2n) is 4.79. The third-order valence-corrected chi connectivity index (χ3v) is 4.46. The Hall–Kier alpha value is -0.380. The van der Waals surface area contributed by atoms with E-state index in [1.165, 1.54) is 30.6 Å². The highest BCUT2D eigenvalue weighted by molar-refractivity contribution is 7.09. The van der Waals surface area contributed by atoms with Crippen molar-refractivity contribution in [2.24, 2.45) is 0 Å². The summed E-state index contributed by atoms with van der Waals surface area (Å²) in [5.74, 6) is 0. The third-order valence-electron chi connectivity index (χ3n) is 3.58. The highest BCUT2D eigenvalue weighted by atomic mass is 32.1. The normalized spacial score (nSPS) is 20.6. The standard InChI is InChI=1S/C13H21NOS/c15-11-13(7-3-1-2-4-8-13)14-10-12-6-5-9-16-12/h5-6,9,14-15H,1-4,7-8,10-11H2. The fourth-order valence-corrected chi connectivity index (χ4v) is 3.13. The molecule has 2 nitrogen and oxygen atoms in total. The van der Waals surface area contributed by atoms with Crippen molar-refractivity contribution in [2.75, 3.05) is 6.61 Å². The zero-order valence-electron chi connectivity index (χ0n) is 9.74. The van der Waals surface area contributed by atoms with Crippen LogP contribution in [-0.4, -0.2) is 17.3 Å². The van der Waals surface area contributed by atoms with Crippen LogP contribution in [0, 0.1) is 0 Å². The van der Waals surface area contributed by atoms with Gasteiger partial charge in [-0.05, 0) is 24.3 Å². The molecule has 1 aliphatic rings. The zero-order chi connectivity index (χ0) is 11.3. The van der Waals surface area contributed by atoms with Gasteiger partial charge in [0.05, 0.1) is 6.61 Å². The molecule has 1 heterocycles. The molecule has 1 saturated carbocycles. The number of hydrogen-bond acceptors (Lipinski definition) is 3.